The molecule has 135 heavy (non-hydrogen) atoms. The zero-order chi connectivity index (χ0) is 96.1. The number of aryl methyl sites for hydroxylation is 3. The Balaban J connectivity index is 0.000000170. The maximum Gasteiger partial charge on any atom is 0.407 e. The number of amides is 1. The van der Waals surface area contributed by atoms with Crippen LogP contribution in [0.4, 0.5) is 22.2 Å². The third-order valence-corrected chi connectivity index (χ3v) is 25.5. The van der Waals surface area contributed by atoms with E-state index in [0.29, 0.717) is 150 Å². The number of rotatable bonds is 46. The summed E-state index contributed by atoms with van der Waals surface area (Å²) in [6.07, 6.45) is 21.0. The number of nitrogens with two attached hydrogens (primary N) is 4. The van der Waals surface area contributed by atoms with Gasteiger partial charge in [-0.05, 0) is 183 Å². The first kappa shape index (κ1) is 105. The number of aliphatic hydroxyl groups excluding tert-OH is 1. The van der Waals surface area contributed by atoms with Crippen LogP contribution in [0.5, 0.6) is 0 Å². The van der Waals surface area contributed by atoms with Crippen molar-refractivity contribution in [2.45, 2.75) is 211 Å². The van der Waals surface area contributed by atoms with Gasteiger partial charge >= 0.3 is 43.0 Å². The molecule has 0 spiro atoms. The molecule has 3 saturated carbocycles. The minimum Gasteiger partial charge on any atom is -0.460 e. The van der Waals surface area contributed by atoms with Crippen molar-refractivity contribution in [3.63, 3.8) is 0 Å². The third-order valence-electron chi connectivity index (χ3n) is 24.1. The minimum absolute atomic E-state index is 0.00476. The van der Waals surface area contributed by atoms with Gasteiger partial charge in [0.15, 0.2) is 0 Å². The van der Waals surface area contributed by atoms with Crippen molar-refractivity contribution in [2.24, 2.45) is 38.9 Å². The Bertz CT molecular complexity index is 5610. The Hall–Kier alpha value is -9.13. The molecule has 15 rings (SSSR count). The lowest BCUT2D eigenvalue weighted by atomic mass is 10.1. The van der Waals surface area contributed by atoms with Gasteiger partial charge in [0.25, 0.3) is 0 Å². The molecule has 39 nitrogen and oxygen atoms in total. The summed E-state index contributed by atoms with van der Waals surface area (Å²) in [7, 11) is -12.2. The number of fused-ring (bicyclic) bond motifs is 6. The van der Waals surface area contributed by atoms with E-state index < -0.39 is 54.3 Å². The number of nitrogens with one attached hydrogen (secondary N) is 4. The number of hydrogen-bond acceptors (Lipinski definition) is 32. The summed E-state index contributed by atoms with van der Waals surface area (Å²) in [4.78, 5) is 50.3. The highest BCUT2D eigenvalue weighted by Gasteiger charge is 2.41. The molecular formula is C93H135N17O22S3. The highest BCUT2D eigenvalue weighted by atomic mass is 32.2. The van der Waals surface area contributed by atoms with Gasteiger partial charge in [-0.3, -0.25) is 17.3 Å². The molecule has 9 aromatic rings. The first-order chi connectivity index (χ1) is 64.7. The number of alkyl carbamates (subject to hydrolysis) is 1. The van der Waals surface area contributed by atoms with E-state index in [0.717, 1.165) is 102 Å². The highest BCUT2D eigenvalue weighted by molar-refractivity contribution is 7.84. The number of aromatic nitrogens is 9. The number of esters is 1. The number of ether oxygens (including phenoxy) is 10. The van der Waals surface area contributed by atoms with Crippen LogP contribution in [-0.2, 0) is 115 Å². The zero-order valence-electron chi connectivity index (χ0n) is 78.2. The quantitative estimate of drug-likeness (QED) is 0.0126. The van der Waals surface area contributed by atoms with E-state index >= 15 is 0 Å². The number of nitrogens with zero attached hydrogens (tertiary/aromatic N) is 9. The van der Waals surface area contributed by atoms with Crippen LogP contribution < -0.4 is 42.4 Å². The molecule has 742 valence electrons. The maximum absolute atomic E-state index is 11.7. The van der Waals surface area contributed by atoms with Crippen LogP contribution in [0.25, 0.3) is 33.1 Å². The number of carbonyl (C=O) groups excluding carboxylic acids is 2. The second kappa shape index (κ2) is 50.5. The molecule has 42 heteroatoms. The molecule has 13 N–H and O–H groups in total. The molecule has 1 amide bonds. The Morgan fingerprint density at radius 2 is 0.793 bits per heavy atom. The average molecular weight is 1940 g/mol. The fourth-order valence-corrected chi connectivity index (χ4v) is 19.2. The smallest absolute Gasteiger partial charge is 0.407 e. The van der Waals surface area contributed by atoms with E-state index in [1.165, 1.54) is 33.4 Å². The van der Waals surface area contributed by atoms with Gasteiger partial charge in [-0.1, -0.05) is 79.7 Å². The van der Waals surface area contributed by atoms with Gasteiger partial charge in [0.2, 0.25) is 0 Å². The van der Waals surface area contributed by atoms with E-state index in [2.05, 4.69) is 140 Å². The second-order valence-corrected chi connectivity index (χ2v) is 40.0. The summed E-state index contributed by atoms with van der Waals surface area (Å²) >= 11 is 0. The fraction of sp³-hybridized carbons (Fsp3) is 0.591. The summed E-state index contributed by atoms with van der Waals surface area (Å²) in [5, 5.41) is 41.8. The molecule has 0 radical (unpaired) electrons. The number of hydrogen-bond donors (Lipinski definition) is 9. The van der Waals surface area contributed by atoms with Crippen LogP contribution >= 0.6 is 0 Å². The summed E-state index contributed by atoms with van der Waals surface area (Å²) in [5.41, 5.74) is 14.9. The van der Waals surface area contributed by atoms with Crippen LogP contribution in [0.15, 0.2) is 129 Å². The van der Waals surface area contributed by atoms with Crippen molar-refractivity contribution in [2.75, 3.05) is 141 Å². The van der Waals surface area contributed by atoms with Crippen LogP contribution in [0.1, 0.15) is 195 Å². The summed E-state index contributed by atoms with van der Waals surface area (Å²) in [5.74, 6) is 1.54. The summed E-state index contributed by atoms with van der Waals surface area (Å²) in [6.45, 7) is 20.1. The first-order valence-electron chi connectivity index (χ1n) is 46.5. The van der Waals surface area contributed by atoms with E-state index in [4.69, 9.17) is 81.1 Å². The van der Waals surface area contributed by atoms with E-state index in [1.807, 2.05) is 62.1 Å². The van der Waals surface area contributed by atoms with E-state index in [9.17, 15) is 39.9 Å². The molecule has 0 aliphatic heterocycles. The van der Waals surface area contributed by atoms with Gasteiger partial charge in [-0.2, -0.15) is 25.3 Å². The van der Waals surface area contributed by atoms with Crippen LogP contribution in [0.3, 0.4) is 0 Å². The van der Waals surface area contributed by atoms with Crippen molar-refractivity contribution in [3.8, 4) is 0 Å². The van der Waals surface area contributed by atoms with E-state index in [1.54, 1.807) is 39.8 Å². The SMILES string of the molecule is CC(C)(C)OC(=O)NCCOCCOCCO[C@H]1C[C@H](n2ccc3c(N[C@H]4CCc5ccccc54)ncnc32)C[C@H]1COS(N)(=O)=O.CCCOCCOCCCC(=O)OC(C)(C)C.NCCOCCOCCO[C@H]1C[C@H](n2ccc3c(N[C@H]4CCc5ccccc54)ncnc32)C[C@H]1COS(N)(=O)=O.NS(=O)(=O)OC[C@@H]1C[C@@H](n2ccc3c(N[C@H]4CCc5ccccc54)ncnc32)C[C@@H]1O. The maximum atomic E-state index is 11.7. The van der Waals surface area contributed by atoms with Gasteiger partial charge in [0.05, 0.1) is 152 Å². The molecule has 6 aromatic heterocycles. The molecule has 0 saturated heterocycles. The normalized spacial score (nSPS) is 21.5. The summed E-state index contributed by atoms with van der Waals surface area (Å²) < 4.78 is 144. The second-order valence-electron chi connectivity index (χ2n) is 36.3. The van der Waals surface area contributed by atoms with Gasteiger partial charge in [-0.25, -0.2) is 50.1 Å². The van der Waals surface area contributed by atoms with Gasteiger partial charge in [0, 0.05) is 87.2 Å². The Kier molecular flexibility index (Phi) is 39.2. The lowest BCUT2D eigenvalue weighted by Crippen LogP contribution is -2.34. The monoisotopic (exact) mass is 1940 g/mol. The molecule has 0 unspecified atom stereocenters. The number of anilines is 3. The van der Waals surface area contributed by atoms with Crippen molar-refractivity contribution in [3.05, 3.63) is 162 Å². The van der Waals surface area contributed by atoms with Crippen LogP contribution in [0, 0.1) is 17.8 Å². The average Bonchev–Trinajstić information content (AvgIpc) is 1.63. The molecule has 12 atom stereocenters. The Labute approximate surface area is 790 Å². The van der Waals surface area contributed by atoms with Crippen molar-refractivity contribution in [1.29, 1.82) is 0 Å². The number of aliphatic hydroxyl groups is 1. The largest absolute Gasteiger partial charge is 0.460 e. The molecule has 6 aliphatic carbocycles. The van der Waals surface area contributed by atoms with Crippen molar-refractivity contribution >= 4 is 93.5 Å². The molecule has 6 heterocycles. The van der Waals surface area contributed by atoms with Crippen molar-refractivity contribution in [1.82, 2.24) is 48.9 Å². The topological polar surface area (TPSA) is 521 Å². The van der Waals surface area contributed by atoms with Crippen molar-refractivity contribution < 1.29 is 99.9 Å². The molecule has 3 aromatic carbocycles. The predicted octanol–water partition coefficient (Wildman–Crippen LogP) is 10.3. The van der Waals surface area contributed by atoms with Gasteiger partial charge in [-0.15, -0.1) is 0 Å². The Morgan fingerprint density at radius 3 is 1.19 bits per heavy atom. The zero-order valence-corrected chi connectivity index (χ0v) is 80.6. The fourth-order valence-electron chi connectivity index (χ4n) is 18.1. The standard InChI is InChI=1S/C32H46N6O8S.C27H38N6O6S.C21H25N5O4S.C13H26O4/c1-32(2,3)46-31(39)34-11-13-42-14-15-43-16-17-44-28-19-24(18-23(28)20-45-47(33,40)41)38-12-10-26-29(35-21-36-30(26)38)37-27-9-8-22-6-4-5-7-25(22)27;28-8-10-36-11-12-37-13-14-38-25-16-21(15-20(25)17-39-40(29,34)35)33-9-7-23-26(30-18-31-27(23)33)32-24-6-5-19-3-1-2-4-22(19)24;22-31(28,29)30-11-14-9-15(10-19(14)27)26-8-7-17-20(23-12-24-21(17)26)25-18-6-5-13-3-1-2-4-16(13)18;1-5-8-15-10-11-16-9-6-7-12(14)17-13(2,3)4/h4-7,10,12,21,23-24,27-28H,8-9,11,13-20H2,1-3H3,(H,34,39)(H2,33,40,41)(H,35,36,37);1-4,7,9,18,20-21,24-25H,5-6,8,10-17,28H2,(H2,29,34,35)(H,30,31,32);1-4,7-8,12,14-15,18-19,27H,5-6,9-11H2,(H2,22,28,29)(H,23,24,25);5-11H2,1-4H3/t23-,24+,27-,28-;20-,21+,24-,25-;14-,15+,18-,19-;/m000./s1. The van der Waals surface area contributed by atoms with E-state index in [-0.39, 0.29) is 92.0 Å². The summed E-state index contributed by atoms with van der Waals surface area (Å²) in [6, 6.07) is 32.1. The van der Waals surface area contributed by atoms with Gasteiger partial charge < -0.3 is 93.2 Å². The predicted molar refractivity (Wildman–Crippen MR) is 507 cm³/mol. The molecule has 6 aliphatic rings. The van der Waals surface area contributed by atoms with Crippen LogP contribution in [-0.4, -0.2) is 241 Å². The lowest BCUT2D eigenvalue weighted by Gasteiger charge is -2.19. The number of carbonyl (C=O) groups is 2. The highest BCUT2D eigenvalue weighted by Crippen LogP contribution is 2.45. The molecular weight excluding hydrogens is 1800 g/mol. The lowest BCUT2D eigenvalue weighted by molar-refractivity contribution is -0.155. The minimum atomic E-state index is -4.09. The van der Waals surface area contributed by atoms with Crippen LogP contribution in [0.2, 0.25) is 0 Å². The Morgan fingerprint density at radius 1 is 0.437 bits per heavy atom. The third kappa shape index (κ3) is 32.5. The van der Waals surface area contributed by atoms with Gasteiger partial charge in [0.1, 0.15) is 64.6 Å². The molecule has 3 fully saturated rings. The first-order valence-corrected chi connectivity index (χ1v) is 50.9. The number of benzene rings is 3. The molecule has 0 bridgehead atoms.